The summed E-state index contributed by atoms with van der Waals surface area (Å²) >= 11 is 5.85. The van der Waals surface area contributed by atoms with Crippen LogP contribution in [0.25, 0.3) is 11.1 Å². The molecule has 4 rings (SSSR count). The molecular formula is C21H21ClN4O5. The van der Waals surface area contributed by atoms with Gasteiger partial charge in [0.2, 0.25) is 5.91 Å². The van der Waals surface area contributed by atoms with Gasteiger partial charge >= 0.3 is 11.8 Å². The van der Waals surface area contributed by atoms with E-state index in [0.29, 0.717) is 48.0 Å². The van der Waals surface area contributed by atoms with Gasteiger partial charge in [-0.05, 0) is 29.8 Å². The number of nitrogens with one attached hydrogen (secondary N) is 2. The van der Waals surface area contributed by atoms with Crippen LogP contribution in [0.4, 0.5) is 10.5 Å². The lowest BCUT2D eigenvalue weighted by molar-refractivity contribution is -0.117. The van der Waals surface area contributed by atoms with E-state index in [-0.39, 0.29) is 25.2 Å². The van der Waals surface area contributed by atoms with Gasteiger partial charge in [-0.25, -0.2) is 9.59 Å². The van der Waals surface area contributed by atoms with Crippen molar-refractivity contribution in [1.29, 1.82) is 0 Å². The van der Waals surface area contributed by atoms with Crippen molar-refractivity contribution in [3.05, 3.63) is 63.6 Å². The Hall–Kier alpha value is -3.30. The number of anilines is 1. The molecule has 162 valence electrons. The zero-order valence-electron chi connectivity index (χ0n) is 16.6. The predicted octanol–water partition coefficient (Wildman–Crippen LogP) is 2.67. The number of nitrogens with zero attached hydrogens (tertiary/aromatic N) is 2. The van der Waals surface area contributed by atoms with Gasteiger partial charge < -0.3 is 19.4 Å². The number of ether oxygens (including phenoxy) is 1. The van der Waals surface area contributed by atoms with Gasteiger partial charge in [-0.2, -0.15) is 0 Å². The lowest BCUT2D eigenvalue weighted by Crippen LogP contribution is -2.50. The Balaban J connectivity index is 1.21. The Bertz CT molecular complexity index is 1130. The Morgan fingerprint density at radius 3 is 2.58 bits per heavy atom. The maximum atomic E-state index is 12.4. The minimum absolute atomic E-state index is 0.184. The normalized spacial score (nSPS) is 14.5. The Morgan fingerprint density at radius 1 is 1.10 bits per heavy atom. The number of hydrogen-bond acceptors (Lipinski definition) is 6. The number of halogens is 1. The van der Waals surface area contributed by atoms with Crippen LogP contribution in [0.3, 0.4) is 0 Å². The smallest absolute Gasteiger partial charge is 0.417 e. The summed E-state index contributed by atoms with van der Waals surface area (Å²) in [6.07, 6.45) is -0.375. The van der Waals surface area contributed by atoms with E-state index in [1.807, 2.05) is 17.0 Å². The van der Waals surface area contributed by atoms with Gasteiger partial charge in [-0.3, -0.25) is 14.7 Å². The highest BCUT2D eigenvalue weighted by atomic mass is 35.5. The molecule has 0 spiro atoms. The van der Waals surface area contributed by atoms with Crippen molar-refractivity contribution in [2.75, 3.05) is 38.0 Å². The SMILES string of the molecule is O=C(CN1CCN(C(=O)OCc2ccc(Cl)cc2)CC1)Nc1ccc2[nH]c(=O)oc2c1. The molecule has 2 heterocycles. The number of aromatic nitrogens is 1. The van der Waals surface area contributed by atoms with E-state index in [9.17, 15) is 14.4 Å². The number of carbonyl (C=O) groups excluding carboxylic acids is 2. The third kappa shape index (κ3) is 5.44. The predicted molar refractivity (Wildman–Crippen MR) is 115 cm³/mol. The molecular weight excluding hydrogens is 424 g/mol. The number of benzene rings is 2. The first-order valence-corrected chi connectivity index (χ1v) is 10.2. The van der Waals surface area contributed by atoms with E-state index in [1.165, 1.54) is 0 Å². The Morgan fingerprint density at radius 2 is 1.84 bits per heavy atom. The maximum absolute atomic E-state index is 12.4. The highest BCUT2D eigenvalue weighted by Gasteiger charge is 2.23. The van der Waals surface area contributed by atoms with E-state index in [1.54, 1.807) is 35.2 Å². The van der Waals surface area contributed by atoms with Crippen LogP contribution in [0.1, 0.15) is 5.56 Å². The number of aromatic amines is 1. The fourth-order valence-corrected chi connectivity index (χ4v) is 3.46. The van der Waals surface area contributed by atoms with Crippen LogP contribution in [0.5, 0.6) is 0 Å². The molecule has 1 aromatic heterocycles. The number of fused-ring (bicyclic) bond motifs is 1. The molecule has 2 N–H and O–H groups in total. The molecule has 1 aliphatic heterocycles. The zero-order chi connectivity index (χ0) is 21.8. The van der Waals surface area contributed by atoms with Crippen LogP contribution in [0, 0.1) is 0 Å². The highest BCUT2D eigenvalue weighted by molar-refractivity contribution is 6.30. The third-order valence-electron chi connectivity index (χ3n) is 4.98. The lowest BCUT2D eigenvalue weighted by Gasteiger charge is -2.33. The van der Waals surface area contributed by atoms with Crippen LogP contribution in [-0.4, -0.2) is 59.5 Å². The number of hydrogen-bond donors (Lipinski definition) is 2. The van der Waals surface area contributed by atoms with E-state index < -0.39 is 5.76 Å². The average molecular weight is 445 g/mol. The topological polar surface area (TPSA) is 108 Å². The lowest BCUT2D eigenvalue weighted by atomic mass is 10.2. The van der Waals surface area contributed by atoms with Crippen molar-refractivity contribution in [2.45, 2.75) is 6.61 Å². The van der Waals surface area contributed by atoms with Crippen molar-refractivity contribution >= 4 is 40.4 Å². The second-order valence-corrected chi connectivity index (χ2v) is 7.65. The minimum atomic E-state index is -0.539. The van der Waals surface area contributed by atoms with Crippen molar-refractivity contribution < 1.29 is 18.7 Å². The van der Waals surface area contributed by atoms with E-state index in [4.69, 9.17) is 20.8 Å². The summed E-state index contributed by atoms with van der Waals surface area (Å²) < 4.78 is 10.4. The maximum Gasteiger partial charge on any atom is 0.417 e. The van der Waals surface area contributed by atoms with Gasteiger partial charge in [0, 0.05) is 43.0 Å². The average Bonchev–Trinajstić information content (AvgIpc) is 3.13. The molecule has 3 aromatic rings. The van der Waals surface area contributed by atoms with Crippen molar-refractivity contribution in [2.24, 2.45) is 0 Å². The first-order chi connectivity index (χ1) is 15.0. The fourth-order valence-electron chi connectivity index (χ4n) is 3.33. The summed E-state index contributed by atoms with van der Waals surface area (Å²) in [5.74, 6) is -0.723. The second-order valence-electron chi connectivity index (χ2n) is 7.22. The van der Waals surface area contributed by atoms with Crippen molar-refractivity contribution in [3.8, 4) is 0 Å². The highest BCUT2D eigenvalue weighted by Crippen LogP contribution is 2.16. The van der Waals surface area contributed by atoms with Gasteiger partial charge in [0.1, 0.15) is 6.61 Å². The molecule has 0 aliphatic carbocycles. The number of oxazole rings is 1. The molecule has 1 saturated heterocycles. The molecule has 0 bridgehead atoms. The minimum Gasteiger partial charge on any atom is -0.445 e. The molecule has 31 heavy (non-hydrogen) atoms. The van der Waals surface area contributed by atoms with Gasteiger partial charge in [0.05, 0.1) is 12.1 Å². The molecule has 2 amide bonds. The van der Waals surface area contributed by atoms with Crippen molar-refractivity contribution in [1.82, 2.24) is 14.8 Å². The monoisotopic (exact) mass is 444 g/mol. The summed E-state index contributed by atoms with van der Waals surface area (Å²) in [4.78, 5) is 42.0. The summed E-state index contributed by atoms with van der Waals surface area (Å²) in [6, 6.07) is 12.1. The van der Waals surface area contributed by atoms with Crippen LogP contribution >= 0.6 is 11.6 Å². The number of H-pyrrole nitrogens is 1. The molecule has 2 aromatic carbocycles. The summed E-state index contributed by atoms with van der Waals surface area (Å²) in [7, 11) is 0. The summed E-state index contributed by atoms with van der Waals surface area (Å²) in [6.45, 7) is 2.47. The summed E-state index contributed by atoms with van der Waals surface area (Å²) in [5.41, 5.74) is 2.37. The number of amides is 2. The van der Waals surface area contributed by atoms with Crippen LogP contribution in [0.2, 0.25) is 5.02 Å². The molecule has 1 fully saturated rings. The Labute approximate surface area is 182 Å². The molecule has 9 nitrogen and oxygen atoms in total. The first-order valence-electron chi connectivity index (χ1n) is 9.77. The largest absolute Gasteiger partial charge is 0.445 e. The van der Waals surface area contributed by atoms with Gasteiger partial charge in [-0.15, -0.1) is 0 Å². The molecule has 1 aliphatic rings. The van der Waals surface area contributed by atoms with Gasteiger partial charge in [0.15, 0.2) is 5.58 Å². The second kappa shape index (κ2) is 9.23. The number of rotatable bonds is 5. The van der Waals surface area contributed by atoms with Crippen LogP contribution < -0.4 is 11.1 Å². The third-order valence-corrected chi connectivity index (χ3v) is 5.23. The zero-order valence-corrected chi connectivity index (χ0v) is 17.4. The quantitative estimate of drug-likeness (QED) is 0.626. The molecule has 0 unspecified atom stereocenters. The Kier molecular flexibility index (Phi) is 6.24. The van der Waals surface area contributed by atoms with Gasteiger partial charge in [-0.1, -0.05) is 23.7 Å². The van der Waals surface area contributed by atoms with E-state index in [2.05, 4.69) is 10.3 Å². The molecule has 0 radical (unpaired) electrons. The van der Waals surface area contributed by atoms with Crippen LogP contribution in [0.15, 0.2) is 51.7 Å². The fraction of sp³-hybridized carbons (Fsp3) is 0.286. The van der Waals surface area contributed by atoms with Gasteiger partial charge in [0.25, 0.3) is 0 Å². The summed E-state index contributed by atoms with van der Waals surface area (Å²) in [5, 5.41) is 3.43. The van der Waals surface area contributed by atoms with E-state index >= 15 is 0 Å². The number of carbonyl (C=O) groups is 2. The van der Waals surface area contributed by atoms with Crippen molar-refractivity contribution in [3.63, 3.8) is 0 Å². The standard InChI is InChI=1S/C21H21ClN4O5/c22-15-3-1-14(2-4-15)13-30-21(29)26-9-7-25(8-10-26)12-19(27)23-16-5-6-17-18(11-16)31-20(28)24-17/h1-6,11H,7-10,12-13H2,(H,23,27)(H,24,28). The first kappa shape index (κ1) is 21.0. The molecule has 0 atom stereocenters. The number of piperazine rings is 1. The molecule has 10 heteroatoms. The van der Waals surface area contributed by atoms with E-state index in [0.717, 1.165) is 5.56 Å². The van der Waals surface area contributed by atoms with Crippen LogP contribution in [-0.2, 0) is 16.1 Å². The molecule has 0 saturated carbocycles.